The molecule has 0 spiro atoms. The summed E-state index contributed by atoms with van der Waals surface area (Å²) in [6.07, 6.45) is 11.5. The minimum Gasteiger partial charge on any atom is -0.508 e. The molecule has 0 bridgehead atoms. The van der Waals surface area contributed by atoms with Gasteiger partial charge in [0.2, 0.25) is 59.1 Å². The maximum Gasteiger partial charge on any atom is 0.312 e. The first kappa shape index (κ1) is 113. The summed E-state index contributed by atoms with van der Waals surface area (Å²) in [6, 6.07) is 22.1. The Balaban J connectivity index is 0.682. The van der Waals surface area contributed by atoms with Gasteiger partial charge in [-0.15, -0.1) is 0 Å². The van der Waals surface area contributed by atoms with Crippen LogP contribution in [0.15, 0.2) is 96.3 Å². The minimum atomic E-state index is -4.16. The normalized spacial score (nSPS) is 20.8. The van der Waals surface area contributed by atoms with E-state index in [4.69, 9.17) is 58.7 Å². The van der Waals surface area contributed by atoms with Crippen LogP contribution >= 0.6 is 0 Å². The van der Waals surface area contributed by atoms with Gasteiger partial charge in [0.1, 0.15) is 30.5 Å². The third-order valence-electron chi connectivity index (χ3n) is 28.2. The lowest BCUT2D eigenvalue weighted by atomic mass is 9.49. The maximum absolute atomic E-state index is 15.1. The van der Waals surface area contributed by atoms with Crippen molar-refractivity contribution in [2.45, 2.75) is 237 Å². The number of ether oxygens (including phenoxy) is 9. The van der Waals surface area contributed by atoms with E-state index in [0.29, 0.717) is 121 Å². The summed E-state index contributed by atoms with van der Waals surface area (Å²) in [4.78, 5) is 153. The summed E-state index contributed by atoms with van der Waals surface area (Å²) < 4.78 is 81.5. The zero-order chi connectivity index (χ0) is 102. The first-order chi connectivity index (χ1) is 68.2. The van der Waals surface area contributed by atoms with Gasteiger partial charge >= 0.3 is 6.03 Å². The number of hydrogen-bond donors (Lipinski definition) is 14. The number of benzene rings is 4. The van der Waals surface area contributed by atoms with Crippen molar-refractivity contribution >= 4 is 86.6 Å². The van der Waals surface area contributed by atoms with Crippen LogP contribution in [0, 0.1) is 40.4 Å². The third kappa shape index (κ3) is 34.5. The number of nitrogens with two attached hydrogens (primary N) is 2. The number of unbranched alkanes of at least 4 members (excludes halogenated alkanes) is 1. The SMILES string of the molecule is CC(C)[C@H](NC(=O)[C@@H](CCCCNC(=O)COC1CCCCCC(NCCOCCOCCOCCOCCC(=O)NCCS(=O)(=O)O)=C1N)NC(=O)CCOCCOCCOCCOCCNC(=O)CCC(=O)N1Cc2ccccc2C#Cc2ccccc21)C(=O)N[C@@H](CCCNC(N)=O)C(=O)Nc1ccc2c(c1)[C@@]1(C)CCC[C@](C)(C(=O)NC(=O)[C@@]3(C)CCC[C@]4(C)c5cc(O)ccc5CC[C@@H]34)C1CC2. The van der Waals surface area contributed by atoms with E-state index in [1.54, 1.807) is 24.8 Å². The van der Waals surface area contributed by atoms with Gasteiger partial charge in [0, 0.05) is 80.9 Å². The van der Waals surface area contributed by atoms with E-state index >= 15 is 4.79 Å². The van der Waals surface area contributed by atoms with Crippen molar-refractivity contribution in [2.75, 3.05) is 161 Å². The van der Waals surface area contributed by atoms with Gasteiger partial charge in [0.05, 0.1) is 146 Å². The summed E-state index contributed by atoms with van der Waals surface area (Å²) in [7, 11) is -4.16. The van der Waals surface area contributed by atoms with Crippen LogP contribution in [0.1, 0.15) is 222 Å². The zero-order valence-electron chi connectivity index (χ0n) is 83.5. The Hall–Kier alpha value is -10.7. The van der Waals surface area contributed by atoms with E-state index < -0.39 is 97.8 Å². The Kier molecular flexibility index (Phi) is 45.5. The van der Waals surface area contributed by atoms with Crippen LogP contribution in [0.25, 0.3) is 0 Å². The molecule has 2 saturated carbocycles. The maximum atomic E-state index is 15.1. The molecule has 1 heterocycles. The number of phenolic OH excluding ortho intramolecular Hbond substituents is 1. The number of nitrogens with zero attached hydrogens (tertiary/aromatic N) is 1. The first-order valence-electron chi connectivity index (χ1n) is 50.5. The second kappa shape index (κ2) is 57.1. The van der Waals surface area contributed by atoms with Crippen molar-refractivity contribution in [2.24, 2.45) is 40.1 Å². The highest BCUT2D eigenvalue weighted by molar-refractivity contribution is 7.85. The van der Waals surface area contributed by atoms with E-state index in [1.807, 2.05) is 92.7 Å². The molecule has 12 amide bonds. The van der Waals surface area contributed by atoms with E-state index in [9.17, 15) is 61.5 Å². The number of hydrogen-bond acceptors (Lipinski definition) is 25. The summed E-state index contributed by atoms with van der Waals surface area (Å²) in [5.41, 5.74) is 18.8. The molecule has 4 aromatic carbocycles. The number of rotatable bonds is 59. The number of anilines is 2. The van der Waals surface area contributed by atoms with Crippen LogP contribution in [-0.4, -0.2) is 258 Å². The quantitative estimate of drug-likeness (QED) is 0.00885. The predicted molar refractivity (Wildman–Crippen MR) is 532 cm³/mol. The highest BCUT2D eigenvalue weighted by Crippen LogP contribution is 2.60. The van der Waals surface area contributed by atoms with Crippen LogP contribution in [0.3, 0.4) is 0 Å². The van der Waals surface area contributed by atoms with Crippen molar-refractivity contribution in [3.05, 3.63) is 135 Å². The number of fused-ring (bicyclic) bond motifs is 8. The Labute approximate surface area is 834 Å². The molecule has 10 atom stereocenters. The number of aryl methyl sites for hydroxylation is 2. The monoisotopic (exact) mass is 2000 g/mol. The molecule has 0 radical (unpaired) electrons. The number of carbonyl (C=O) groups is 11. The number of urea groups is 1. The molecule has 37 nitrogen and oxygen atoms in total. The highest BCUT2D eigenvalue weighted by Gasteiger charge is 2.59. The predicted octanol–water partition coefficient (Wildman–Crippen LogP) is 7.41. The number of primary amides is 1. The van der Waals surface area contributed by atoms with Crippen molar-refractivity contribution in [3.8, 4) is 17.6 Å². The number of aromatic hydroxyl groups is 1. The highest BCUT2D eigenvalue weighted by atomic mass is 32.2. The van der Waals surface area contributed by atoms with Gasteiger partial charge in [-0.25, -0.2) is 4.79 Å². The average molecular weight is 2000 g/mol. The number of amides is 12. The van der Waals surface area contributed by atoms with Gasteiger partial charge < -0.3 is 112 Å². The molecule has 1 aliphatic heterocycles. The van der Waals surface area contributed by atoms with Crippen molar-refractivity contribution in [1.82, 2.24) is 47.9 Å². The molecule has 142 heavy (non-hydrogen) atoms. The second-order valence-corrected chi connectivity index (χ2v) is 40.4. The summed E-state index contributed by atoms with van der Waals surface area (Å²) >= 11 is 0. The van der Waals surface area contributed by atoms with Crippen LogP contribution in [0.5, 0.6) is 5.75 Å². The lowest BCUT2D eigenvalue weighted by Gasteiger charge is -2.56. The molecule has 0 aromatic heterocycles. The summed E-state index contributed by atoms with van der Waals surface area (Å²) in [6.45, 7) is 16.5. The topological polar surface area (TPSA) is 521 Å². The molecular weight excluding hydrogens is 1850 g/mol. The molecule has 16 N–H and O–H groups in total. The van der Waals surface area contributed by atoms with Crippen LogP contribution < -0.4 is 69.5 Å². The van der Waals surface area contributed by atoms with Gasteiger partial charge in [0.25, 0.3) is 10.1 Å². The number of allylic oxidation sites excluding steroid dienone is 1. The van der Waals surface area contributed by atoms with E-state index in [0.717, 1.165) is 90.4 Å². The minimum absolute atomic E-state index is 0.00470. The Morgan fingerprint density at radius 2 is 1.02 bits per heavy atom. The van der Waals surface area contributed by atoms with Gasteiger partial charge in [0.15, 0.2) is 0 Å². The van der Waals surface area contributed by atoms with Gasteiger partial charge in [-0.2, -0.15) is 8.42 Å². The number of phenols is 1. The van der Waals surface area contributed by atoms with Crippen molar-refractivity contribution < 1.29 is 113 Å². The Morgan fingerprint density at radius 3 is 1.64 bits per heavy atom. The zero-order valence-corrected chi connectivity index (χ0v) is 84.3. The molecule has 2 fully saturated rings. The standard InChI is InChI=1S/C104H151N13O24S/c1-71(2)94(97(126)114-83(24-16-46-111-100(106)129)95(124)112-77-33-29-73-31-35-86-101(3,79(73)67-77)41-17-43-103(86,5)98(127)116-99(128)104(6)44-18-42-102(4)80-68-78(118)34-30-74(80)32-36-87(102)104)115-96(125)82(23-14-15-45-108-91(122)70-141-85-26-9-7-8-22-81(93(85)105)107-47-52-135-56-60-139-64-62-137-58-54-133-50-39-89(120)110-49-66-142(130,131)132)113-90(121)40-51-134-55-59-138-63-65-140-61-57-136-53-48-109-88(119)37-38-92(123)117-69-76-21-11-10-19-72(76)27-28-75-20-12-13-25-84(75)117/h10-13,19-21,25,29-30,33-34,67-68,71,82-83,85-87,94,107,118H,7-9,14-18,22-24,26,31-32,35-66,69-70,105H2,1-6H3,(H,108,122)(H,109,119)(H,110,120)(H,112,124)(H,113,121)(H,114,126)(H,115,125)(H3,106,111,129)(H,116,127,128)(H,130,131,132)/t82-,83+,85?,86?,87-,94+,101-,102-,103+,104+/m1/s1. The summed E-state index contributed by atoms with van der Waals surface area (Å²) in [5.74, 6) is 0.951. The molecule has 4 aromatic rings. The molecule has 38 heteroatoms. The summed E-state index contributed by atoms with van der Waals surface area (Å²) in [5, 5.41) is 39.4. The van der Waals surface area contributed by atoms with Crippen molar-refractivity contribution in [1.29, 1.82) is 0 Å². The molecule has 0 saturated heterocycles. The van der Waals surface area contributed by atoms with Crippen LogP contribution in [0.2, 0.25) is 0 Å². The Bertz CT molecular complexity index is 5110. The molecule has 10 rings (SSSR count). The van der Waals surface area contributed by atoms with E-state index in [2.05, 4.69) is 78.9 Å². The van der Waals surface area contributed by atoms with Gasteiger partial charge in [-0.05, 0) is 202 Å². The number of imide groups is 1. The van der Waals surface area contributed by atoms with Crippen molar-refractivity contribution in [3.63, 3.8) is 0 Å². The van der Waals surface area contributed by atoms with Gasteiger partial charge in [-0.1, -0.05) is 122 Å². The van der Waals surface area contributed by atoms with Crippen LogP contribution in [-0.2, 0) is 131 Å². The van der Waals surface area contributed by atoms with E-state index in [1.165, 1.54) is 5.56 Å². The smallest absolute Gasteiger partial charge is 0.312 e. The second-order valence-electron chi connectivity index (χ2n) is 38.8. The fourth-order valence-corrected chi connectivity index (χ4v) is 20.9. The lowest BCUT2D eigenvalue weighted by Crippen LogP contribution is -2.60. The third-order valence-corrected chi connectivity index (χ3v) is 29.0. The number of para-hydroxylation sites is 1. The average Bonchev–Trinajstić information content (AvgIpc) is 0.727. The largest absolute Gasteiger partial charge is 0.508 e. The van der Waals surface area contributed by atoms with Crippen LogP contribution in [0.4, 0.5) is 16.2 Å². The Morgan fingerprint density at radius 1 is 0.493 bits per heavy atom. The van der Waals surface area contributed by atoms with Gasteiger partial charge in [-0.3, -0.25) is 57.8 Å². The molecular formula is C104H151N13O24S. The lowest BCUT2D eigenvalue weighted by molar-refractivity contribution is -0.150. The fourth-order valence-electron chi connectivity index (χ4n) is 20.6. The first-order valence-corrected chi connectivity index (χ1v) is 52.1. The number of carbonyl (C=O) groups excluding carboxylic acids is 11. The number of nitrogens with one attached hydrogen (secondary N) is 10. The molecule has 5 aliphatic carbocycles. The molecule has 2 unspecified atom stereocenters. The van der Waals surface area contributed by atoms with E-state index in [-0.39, 0.29) is 203 Å². The fraction of sp³-hybridized carbons (Fsp3) is 0.625. The molecule has 782 valence electrons. The molecule has 6 aliphatic rings.